The summed E-state index contributed by atoms with van der Waals surface area (Å²) in [6.07, 6.45) is 5.20. The van der Waals surface area contributed by atoms with Crippen LogP contribution < -0.4 is 11.1 Å². The minimum absolute atomic E-state index is 0.125. The molecule has 21 heavy (non-hydrogen) atoms. The van der Waals surface area contributed by atoms with Gasteiger partial charge in [0.05, 0.1) is 6.04 Å². The third-order valence-electron chi connectivity index (χ3n) is 4.90. The molecule has 5 nitrogen and oxygen atoms in total. The van der Waals surface area contributed by atoms with Gasteiger partial charge in [-0.05, 0) is 55.2 Å². The standard InChI is InChI=1S/C16H22N2O3/c17-12(6-10-2-4-14(19)15(20)8-10)16(21)18-13-7-9-1-3-11(13)5-9/h2,4,8-9,11-13,19-20H,1,3,5-7,17H2,(H,18,21)/t9?,11?,12-,13?/m0/s1. The second-order valence-corrected chi connectivity index (χ2v) is 6.42. The number of nitrogens with one attached hydrogen (secondary N) is 1. The maximum Gasteiger partial charge on any atom is 0.237 e. The van der Waals surface area contributed by atoms with E-state index in [-0.39, 0.29) is 23.4 Å². The molecule has 5 N–H and O–H groups in total. The van der Waals surface area contributed by atoms with Crippen molar-refractivity contribution in [3.8, 4) is 11.5 Å². The van der Waals surface area contributed by atoms with Gasteiger partial charge in [-0.3, -0.25) is 4.79 Å². The Bertz CT molecular complexity index is 546. The first-order valence-corrected chi connectivity index (χ1v) is 7.59. The van der Waals surface area contributed by atoms with Gasteiger partial charge >= 0.3 is 0 Å². The van der Waals surface area contributed by atoms with Crippen molar-refractivity contribution >= 4 is 5.91 Å². The average molecular weight is 290 g/mol. The summed E-state index contributed by atoms with van der Waals surface area (Å²) in [5.41, 5.74) is 6.69. The lowest BCUT2D eigenvalue weighted by atomic mass is 9.95. The van der Waals surface area contributed by atoms with Crippen molar-refractivity contribution in [1.82, 2.24) is 5.32 Å². The van der Waals surface area contributed by atoms with Gasteiger partial charge in [-0.1, -0.05) is 12.5 Å². The zero-order valence-electron chi connectivity index (χ0n) is 12.0. The summed E-state index contributed by atoms with van der Waals surface area (Å²) >= 11 is 0. The summed E-state index contributed by atoms with van der Waals surface area (Å²) in [6.45, 7) is 0. The molecule has 2 saturated carbocycles. The topological polar surface area (TPSA) is 95.6 Å². The Kier molecular flexibility index (Phi) is 3.76. The zero-order valence-corrected chi connectivity index (χ0v) is 12.0. The van der Waals surface area contributed by atoms with E-state index in [0.717, 1.165) is 17.9 Å². The molecule has 114 valence electrons. The quantitative estimate of drug-likeness (QED) is 0.628. The number of benzene rings is 1. The van der Waals surface area contributed by atoms with Crippen LogP contribution >= 0.6 is 0 Å². The highest BCUT2D eigenvalue weighted by Crippen LogP contribution is 2.44. The zero-order chi connectivity index (χ0) is 15.0. The average Bonchev–Trinajstić information content (AvgIpc) is 3.05. The second kappa shape index (κ2) is 5.56. The summed E-state index contributed by atoms with van der Waals surface area (Å²) in [7, 11) is 0. The number of amides is 1. The third kappa shape index (κ3) is 2.97. The lowest BCUT2D eigenvalue weighted by molar-refractivity contribution is -0.123. The number of hydrogen-bond donors (Lipinski definition) is 4. The number of aromatic hydroxyl groups is 2. The van der Waals surface area contributed by atoms with Crippen LogP contribution in [0.5, 0.6) is 11.5 Å². The van der Waals surface area contributed by atoms with E-state index in [0.29, 0.717) is 12.3 Å². The fourth-order valence-corrected chi connectivity index (χ4v) is 3.75. The van der Waals surface area contributed by atoms with Crippen LogP contribution in [-0.2, 0) is 11.2 Å². The van der Waals surface area contributed by atoms with E-state index in [1.165, 1.54) is 31.4 Å². The van der Waals surface area contributed by atoms with Gasteiger partial charge in [0.25, 0.3) is 0 Å². The predicted octanol–water partition coefficient (Wildman–Crippen LogP) is 1.27. The Balaban J connectivity index is 1.56. The smallest absolute Gasteiger partial charge is 0.237 e. The molecule has 0 spiro atoms. The summed E-state index contributed by atoms with van der Waals surface area (Å²) in [6, 6.07) is 4.17. The number of rotatable bonds is 4. The number of phenols is 2. The molecule has 0 saturated heterocycles. The molecule has 2 bridgehead atoms. The molecule has 3 rings (SSSR count). The van der Waals surface area contributed by atoms with Crippen LogP contribution in [-0.4, -0.2) is 28.2 Å². The number of carbonyl (C=O) groups is 1. The van der Waals surface area contributed by atoms with E-state index >= 15 is 0 Å². The summed E-state index contributed by atoms with van der Waals surface area (Å²) in [4.78, 5) is 12.2. The molecule has 1 aromatic rings. The van der Waals surface area contributed by atoms with Crippen LogP contribution in [0.3, 0.4) is 0 Å². The number of carbonyl (C=O) groups excluding carboxylic acids is 1. The van der Waals surface area contributed by atoms with E-state index < -0.39 is 6.04 Å². The van der Waals surface area contributed by atoms with Gasteiger partial charge in [0.1, 0.15) is 0 Å². The lowest BCUT2D eigenvalue weighted by Gasteiger charge is -2.24. The van der Waals surface area contributed by atoms with E-state index in [1.807, 2.05) is 0 Å². The number of nitrogens with two attached hydrogens (primary N) is 1. The molecule has 0 aliphatic heterocycles. The van der Waals surface area contributed by atoms with Crippen LogP contribution in [0.15, 0.2) is 18.2 Å². The van der Waals surface area contributed by atoms with Gasteiger partial charge in [0, 0.05) is 6.04 Å². The molecule has 0 aromatic heterocycles. The molecular formula is C16H22N2O3. The molecule has 1 aromatic carbocycles. The van der Waals surface area contributed by atoms with Gasteiger partial charge in [-0.15, -0.1) is 0 Å². The first-order valence-electron chi connectivity index (χ1n) is 7.59. The molecule has 2 aliphatic carbocycles. The fraction of sp³-hybridized carbons (Fsp3) is 0.562. The molecule has 0 radical (unpaired) electrons. The van der Waals surface area contributed by atoms with Crippen molar-refractivity contribution in [2.45, 2.75) is 44.2 Å². The van der Waals surface area contributed by atoms with E-state index in [9.17, 15) is 15.0 Å². The van der Waals surface area contributed by atoms with Crippen LogP contribution in [0.1, 0.15) is 31.2 Å². The summed E-state index contributed by atoms with van der Waals surface area (Å²) in [5.74, 6) is 0.932. The second-order valence-electron chi connectivity index (χ2n) is 6.42. The first kappa shape index (κ1) is 14.2. The Morgan fingerprint density at radius 2 is 2.10 bits per heavy atom. The Labute approximate surface area is 124 Å². The maximum absolute atomic E-state index is 12.2. The van der Waals surface area contributed by atoms with Crippen molar-refractivity contribution in [2.24, 2.45) is 17.6 Å². The monoisotopic (exact) mass is 290 g/mol. The van der Waals surface area contributed by atoms with E-state index in [2.05, 4.69) is 5.32 Å². The Hall–Kier alpha value is -1.75. The predicted molar refractivity (Wildman–Crippen MR) is 78.8 cm³/mol. The molecule has 2 aliphatic rings. The fourth-order valence-electron chi connectivity index (χ4n) is 3.75. The summed E-state index contributed by atoms with van der Waals surface area (Å²) in [5, 5.41) is 21.8. The first-order chi connectivity index (χ1) is 10.0. The van der Waals surface area contributed by atoms with E-state index in [4.69, 9.17) is 5.73 Å². The van der Waals surface area contributed by atoms with Gasteiger partial charge in [-0.25, -0.2) is 0 Å². The number of fused-ring (bicyclic) bond motifs is 2. The molecular weight excluding hydrogens is 268 g/mol. The van der Waals surface area contributed by atoms with Crippen molar-refractivity contribution in [3.05, 3.63) is 23.8 Å². The lowest BCUT2D eigenvalue weighted by Crippen LogP contribution is -2.48. The van der Waals surface area contributed by atoms with Crippen molar-refractivity contribution < 1.29 is 15.0 Å². The molecule has 0 heterocycles. The number of phenolic OH excluding ortho intramolecular Hbond substituents is 2. The number of hydrogen-bond acceptors (Lipinski definition) is 4. The van der Waals surface area contributed by atoms with Crippen LogP contribution in [0.2, 0.25) is 0 Å². The van der Waals surface area contributed by atoms with Crippen LogP contribution in [0.25, 0.3) is 0 Å². The third-order valence-corrected chi connectivity index (χ3v) is 4.90. The highest BCUT2D eigenvalue weighted by Gasteiger charge is 2.40. The van der Waals surface area contributed by atoms with Crippen LogP contribution in [0, 0.1) is 11.8 Å². The van der Waals surface area contributed by atoms with Crippen LogP contribution in [0.4, 0.5) is 0 Å². The van der Waals surface area contributed by atoms with Gasteiger partial charge in [0.2, 0.25) is 5.91 Å². The maximum atomic E-state index is 12.2. The van der Waals surface area contributed by atoms with Crippen molar-refractivity contribution in [1.29, 1.82) is 0 Å². The van der Waals surface area contributed by atoms with Gasteiger partial charge in [-0.2, -0.15) is 0 Å². The highest BCUT2D eigenvalue weighted by molar-refractivity contribution is 5.82. The molecule has 1 amide bonds. The van der Waals surface area contributed by atoms with E-state index in [1.54, 1.807) is 6.07 Å². The van der Waals surface area contributed by atoms with Gasteiger partial charge < -0.3 is 21.3 Å². The minimum Gasteiger partial charge on any atom is -0.504 e. The van der Waals surface area contributed by atoms with Crippen molar-refractivity contribution in [3.63, 3.8) is 0 Å². The Morgan fingerprint density at radius 1 is 1.29 bits per heavy atom. The molecule has 3 unspecified atom stereocenters. The summed E-state index contributed by atoms with van der Waals surface area (Å²) < 4.78 is 0. The SMILES string of the molecule is N[C@@H](Cc1ccc(O)c(O)c1)C(=O)NC1CC2CCC1C2. The molecule has 2 fully saturated rings. The molecule has 5 heteroatoms. The van der Waals surface area contributed by atoms with Gasteiger partial charge in [0.15, 0.2) is 11.5 Å². The van der Waals surface area contributed by atoms with Crippen molar-refractivity contribution in [2.75, 3.05) is 0 Å². The normalized spacial score (nSPS) is 28.5. The largest absolute Gasteiger partial charge is 0.504 e. The molecule has 4 atom stereocenters. The minimum atomic E-state index is -0.631. The Morgan fingerprint density at radius 3 is 2.71 bits per heavy atom. The highest BCUT2D eigenvalue weighted by atomic mass is 16.3.